The van der Waals surface area contributed by atoms with Gasteiger partial charge in [0.2, 0.25) is 0 Å². The first-order valence-corrected chi connectivity index (χ1v) is 6.46. The monoisotopic (exact) mass is 300 g/mol. The van der Waals surface area contributed by atoms with E-state index in [1.54, 1.807) is 30.3 Å². The van der Waals surface area contributed by atoms with Crippen LogP contribution in [0.25, 0.3) is 0 Å². The SMILES string of the molecule is N#CCOc1ccc(NC(=O)COc2ccccc2F)cc1. The summed E-state index contributed by atoms with van der Waals surface area (Å²) in [6.07, 6.45) is 0. The zero-order valence-corrected chi connectivity index (χ0v) is 11.6. The maximum Gasteiger partial charge on any atom is 0.262 e. The van der Waals surface area contributed by atoms with E-state index < -0.39 is 11.7 Å². The van der Waals surface area contributed by atoms with Crippen LogP contribution in [-0.2, 0) is 4.79 Å². The summed E-state index contributed by atoms with van der Waals surface area (Å²) in [7, 11) is 0. The van der Waals surface area contributed by atoms with Crippen molar-refractivity contribution < 1.29 is 18.7 Å². The van der Waals surface area contributed by atoms with Crippen molar-refractivity contribution in [3.8, 4) is 17.6 Å². The normalized spacial score (nSPS) is 9.64. The highest BCUT2D eigenvalue weighted by atomic mass is 19.1. The van der Waals surface area contributed by atoms with Crippen LogP contribution in [0.2, 0.25) is 0 Å². The molecule has 0 aromatic heterocycles. The number of nitrogens with one attached hydrogen (secondary N) is 1. The van der Waals surface area contributed by atoms with Gasteiger partial charge in [0.25, 0.3) is 5.91 Å². The van der Waals surface area contributed by atoms with Crippen molar-refractivity contribution in [1.82, 2.24) is 0 Å². The molecule has 0 radical (unpaired) electrons. The van der Waals surface area contributed by atoms with E-state index in [1.165, 1.54) is 18.2 Å². The molecule has 1 amide bonds. The second-order valence-corrected chi connectivity index (χ2v) is 4.24. The number of hydrogen-bond donors (Lipinski definition) is 1. The van der Waals surface area contributed by atoms with Crippen LogP contribution in [0, 0.1) is 17.1 Å². The zero-order valence-electron chi connectivity index (χ0n) is 11.6. The molecule has 112 valence electrons. The van der Waals surface area contributed by atoms with Crippen LogP contribution >= 0.6 is 0 Å². The Morgan fingerprint density at radius 2 is 1.86 bits per heavy atom. The van der Waals surface area contributed by atoms with E-state index in [4.69, 9.17) is 14.7 Å². The number of anilines is 1. The molecule has 2 rings (SSSR count). The standard InChI is InChI=1S/C16H13FN2O3/c17-14-3-1-2-4-15(14)22-11-16(20)19-12-5-7-13(8-6-12)21-10-9-18/h1-8H,10-11H2,(H,19,20). The van der Waals surface area contributed by atoms with E-state index in [-0.39, 0.29) is 19.0 Å². The summed E-state index contributed by atoms with van der Waals surface area (Å²) >= 11 is 0. The van der Waals surface area contributed by atoms with Crippen molar-refractivity contribution in [3.63, 3.8) is 0 Å². The Hall–Kier alpha value is -3.07. The number of ether oxygens (including phenoxy) is 2. The lowest BCUT2D eigenvalue weighted by Gasteiger charge is -2.08. The molecule has 0 unspecified atom stereocenters. The van der Waals surface area contributed by atoms with Crippen LogP contribution in [0.15, 0.2) is 48.5 Å². The van der Waals surface area contributed by atoms with Gasteiger partial charge in [-0.3, -0.25) is 4.79 Å². The number of nitriles is 1. The van der Waals surface area contributed by atoms with Crippen molar-refractivity contribution in [1.29, 1.82) is 5.26 Å². The molecule has 22 heavy (non-hydrogen) atoms. The molecule has 1 N–H and O–H groups in total. The third kappa shape index (κ3) is 4.49. The molecule has 2 aromatic carbocycles. The van der Waals surface area contributed by atoms with Crippen LogP contribution in [0.1, 0.15) is 0 Å². The Morgan fingerprint density at radius 1 is 1.14 bits per heavy atom. The second-order valence-electron chi connectivity index (χ2n) is 4.24. The van der Waals surface area contributed by atoms with Gasteiger partial charge < -0.3 is 14.8 Å². The average molecular weight is 300 g/mol. The fourth-order valence-corrected chi connectivity index (χ4v) is 1.65. The van der Waals surface area contributed by atoms with E-state index in [0.29, 0.717) is 11.4 Å². The zero-order chi connectivity index (χ0) is 15.8. The topological polar surface area (TPSA) is 71.3 Å². The highest BCUT2D eigenvalue weighted by Crippen LogP contribution is 2.17. The number of nitrogens with zero attached hydrogens (tertiary/aromatic N) is 1. The Morgan fingerprint density at radius 3 is 2.55 bits per heavy atom. The maximum absolute atomic E-state index is 13.3. The molecular weight excluding hydrogens is 287 g/mol. The van der Waals surface area contributed by atoms with Crippen LogP contribution in [-0.4, -0.2) is 19.1 Å². The Labute approximate surface area is 126 Å². The first kappa shape index (κ1) is 15.3. The van der Waals surface area contributed by atoms with E-state index in [2.05, 4.69) is 5.32 Å². The van der Waals surface area contributed by atoms with Crippen molar-refractivity contribution in [2.24, 2.45) is 0 Å². The van der Waals surface area contributed by atoms with Crippen molar-refractivity contribution >= 4 is 11.6 Å². The lowest BCUT2D eigenvalue weighted by molar-refractivity contribution is -0.118. The average Bonchev–Trinajstić information content (AvgIpc) is 2.53. The quantitative estimate of drug-likeness (QED) is 0.890. The Kier molecular flexibility index (Phi) is 5.32. The van der Waals surface area contributed by atoms with Gasteiger partial charge in [0, 0.05) is 5.69 Å². The molecular formula is C16H13FN2O3. The van der Waals surface area contributed by atoms with Crippen molar-refractivity contribution in [2.75, 3.05) is 18.5 Å². The summed E-state index contributed by atoms with van der Waals surface area (Å²) in [5.74, 6) is -0.372. The van der Waals surface area contributed by atoms with Gasteiger partial charge in [-0.15, -0.1) is 0 Å². The van der Waals surface area contributed by atoms with E-state index in [9.17, 15) is 9.18 Å². The van der Waals surface area contributed by atoms with Crippen LogP contribution in [0.4, 0.5) is 10.1 Å². The van der Waals surface area contributed by atoms with Crippen LogP contribution < -0.4 is 14.8 Å². The molecule has 0 bridgehead atoms. The highest BCUT2D eigenvalue weighted by molar-refractivity contribution is 5.91. The molecule has 2 aromatic rings. The smallest absolute Gasteiger partial charge is 0.262 e. The van der Waals surface area contributed by atoms with Gasteiger partial charge >= 0.3 is 0 Å². The second kappa shape index (κ2) is 7.64. The number of para-hydroxylation sites is 1. The fraction of sp³-hybridized carbons (Fsp3) is 0.125. The summed E-state index contributed by atoms with van der Waals surface area (Å²) in [6.45, 7) is -0.337. The third-order valence-electron chi connectivity index (χ3n) is 2.64. The third-order valence-corrected chi connectivity index (χ3v) is 2.64. The molecule has 0 saturated carbocycles. The summed E-state index contributed by atoms with van der Waals surface area (Å²) in [6, 6.07) is 14.3. The molecule has 0 fully saturated rings. The van der Waals surface area contributed by atoms with Gasteiger partial charge in [-0.2, -0.15) is 5.26 Å². The lowest BCUT2D eigenvalue weighted by atomic mass is 10.3. The summed E-state index contributed by atoms with van der Waals surface area (Å²) in [4.78, 5) is 11.7. The van der Waals surface area contributed by atoms with Crippen LogP contribution in [0.5, 0.6) is 11.5 Å². The van der Waals surface area contributed by atoms with E-state index in [0.717, 1.165) is 0 Å². The highest BCUT2D eigenvalue weighted by Gasteiger charge is 2.06. The molecule has 0 heterocycles. The number of carbonyl (C=O) groups is 1. The summed E-state index contributed by atoms with van der Waals surface area (Å²) in [5.41, 5.74) is 0.548. The van der Waals surface area contributed by atoms with Gasteiger partial charge in [-0.1, -0.05) is 12.1 Å². The van der Waals surface area contributed by atoms with E-state index in [1.807, 2.05) is 6.07 Å². The predicted molar refractivity (Wildman–Crippen MR) is 78.1 cm³/mol. The minimum atomic E-state index is -0.519. The minimum absolute atomic E-state index is 0.0258. The number of amides is 1. The minimum Gasteiger partial charge on any atom is -0.481 e. The molecule has 5 nitrogen and oxygen atoms in total. The number of halogens is 1. The molecule has 6 heteroatoms. The number of benzene rings is 2. The molecule has 0 aliphatic rings. The maximum atomic E-state index is 13.3. The molecule has 0 aliphatic heterocycles. The first-order valence-electron chi connectivity index (χ1n) is 6.46. The summed E-state index contributed by atoms with van der Waals surface area (Å²) < 4.78 is 23.5. The Bertz CT molecular complexity index is 681. The number of rotatable bonds is 6. The predicted octanol–water partition coefficient (Wildman–Crippen LogP) is 2.75. The summed E-state index contributed by atoms with van der Waals surface area (Å²) in [5, 5.41) is 11.0. The molecule has 0 aliphatic carbocycles. The molecule has 0 atom stereocenters. The molecule has 0 saturated heterocycles. The largest absolute Gasteiger partial charge is 0.481 e. The first-order chi connectivity index (χ1) is 10.7. The lowest BCUT2D eigenvalue weighted by Crippen LogP contribution is -2.20. The van der Waals surface area contributed by atoms with Crippen molar-refractivity contribution in [3.05, 3.63) is 54.3 Å². The van der Waals surface area contributed by atoms with Crippen molar-refractivity contribution in [2.45, 2.75) is 0 Å². The van der Waals surface area contributed by atoms with Gasteiger partial charge in [-0.25, -0.2) is 4.39 Å². The van der Waals surface area contributed by atoms with E-state index >= 15 is 0 Å². The fourth-order valence-electron chi connectivity index (χ4n) is 1.65. The van der Waals surface area contributed by atoms with Gasteiger partial charge in [-0.05, 0) is 36.4 Å². The number of hydrogen-bond acceptors (Lipinski definition) is 4. The molecule has 0 spiro atoms. The van der Waals surface area contributed by atoms with Gasteiger partial charge in [0.05, 0.1) is 0 Å². The van der Waals surface area contributed by atoms with Gasteiger partial charge in [0.1, 0.15) is 11.8 Å². The van der Waals surface area contributed by atoms with Crippen LogP contribution in [0.3, 0.4) is 0 Å². The van der Waals surface area contributed by atoms with Gasteiger partial charge in [0.15, 0.2) is 24.8 Å². The number of carbonyl (C=O) groups excluding carboxylic acids is 1. The Balaban J connectivity index is 1.84.